The van der Waals surface area contributed by atoms with E-state index >= 15 is 0 Å². The molecule has 0 unspecified atom stereocenters. The Balaban J connectivity index is 1.60. The van der Waals surface area contributed by atoms with Crippen molar-refractivity contribution < 1.29 is 32.5 Å². The Kier molecular flexibility index (Phi) is 6.37. The molecule has 1 aromatic heterocycles. The summed E-state index contributed by atoms with van der Waals surface area (Å²) in [5.41, 5.74) is 2.46. The summed E-state index contributed by atoms with van der Waals surface area (Å²) in [7, 11) is 1.44. The van der Waals surface area contributed by atoms with Crippen molar-refractivity contribution in [1.82, 2.24) is 4.98 Å². The Labute approximate surface area is 194 Å². The molecule has 0 spiro atoms. The lowest BCUT2D eigenvalue weighted by atomic mass is 9.92. The first-order chi connectivity index (χ1) is 16.2. The van der Waals surface area contributed by atoms with Crippen molar-refractivity contribution in [2.75, 3.05) is 19.0 Å². The Hall–Kier alpha value is -3.75. The lowest BCUT2D eigenvalue weighted by Gasteiger charge is -2.19. The Morgan fingerprint density at radius 3 is 2.68 bits per heavy atom. The van der Waals surface area contributed by atoms with Crippen molar-refractivity contribution in [1.29, 1.82) is 0 Å². The molecule has 3 aromatic rings. The quantitative estimate of drug-likeness (QED) is 0.463. The largest absolute Gasteiger partial charge is 0.493 e. The Bertz CT molecular complexity index is 1210. The van der Waals surface area contributed by atoms with E-state index in [9.17, 15) is 18.0 Å². The summed E-state index contributed by atoms with van der Waals surface area (Å²) in [6.07, 6.45) is -3.15. The third-order valence-electron chi connectivity index (χ3n) is 5.91. The number of aromatic nitrogens is 1. The number of alkyl halides is 3. The maximum Gasteiger partial charge on any atom is 0.417 e. The summed E-state index contributed by atoms with van der Waals surface area (Å²) >= 11 is 0. The molecule has 1 atom stereocenters. The maximum atomic E-state index is 13.8. The smallest absolute Gasteiger partial charge is 0.417 e. The van der Waals surface area contributed by atoms with Gasteiger partial charge >= 0.3 is 12.1 Å². The second-order valence-electron chi connectivity index (χ2n) is 8.07. The molecule has 6 nitrogen and oxygen atoms in total. The number of hydrogen-bond acceptors (Lipinski definition) is 5. The first-order valence-corrected chi connectivity index (χ1v) is 10.6. The van der Waals surface area contributed by atoms with Crippen LogP contribution >= 0.6 is 0 Å². The van der Waals surface area contributed by atoms with Crippen molar-refractivity contribution in [2.24, 2.45) is 0 Å². The molecular weight excluding hydrogens is 449 g/mol. The van der Waals surface area contributed by atoms with Gasteiger partial charge in [-0.25, -0.2) is 4.98 Å². The molecular formula is C25H23F3N2O4. The third-order valence-corrected chi connectivity index (χ3v) is 5.91. The van der Waals surface area contributed by atoms with Crippen LogP contribution in [0.2, 0.25) is 0 Å². The van der Waals surface area contributed by atoms with Gasteiger partial charge in [-0.1, -0.05) is 12.1 Å². The average Bonchev–Trinajstić information content (AvgIpc) is 3.19. The highest BCUT2D eigenvalue weighted by atomic mass is 19.4. The minimum Gasteiger partial charge on any atom is -0.493 e. The normalized spacial score (nSPS) is 14.9. The molecule has 4 rings (SSSR count). The van der Waals surface area contributed by atoms with Crippen LogP contribution in [-0.4, -0.2) is 29.8 Å². The predicted octanol–water partition coefficient (Wildman–Crippen LogP) is 5.65. The number of fused-ring (bicyclic) bond motifs is 1. The van der Waals surface area contributed by atoms with Gasteiger partial charge in [0.2, 0.25) is 5.88 Å². The number of methoxy groups -OCH3 is 1. The van der Waals surface area contributed by atoms with Gasteiger partial charge in [0, 0.05) is 47.6 Å². The summed E-state index contributed by atoms with van der Waals surface area (Å²) in [5, 5.41) is 12.3. The molecule has 178 valence electrons. The van der Waals surface area contributed by atoms with Gasteiger partial charge in [0.25, 0.3) is 0 Å². The fourth-order valence-electron chi connectivity index (χ4n) is 4.17. The van der Waals surface area contributed by atoms with Gasteiger partial charge in [-0.05, 0) is 41.8 Å². The highest BCUT2D eigenvalue weighted by molar-refractivity contribution is 5.73. The van der Waals surface area contributed by atoms with Crippen LogP contribution in [0.4, 0.5) is 18.9 Å². The van der Waals surface area contributed by atoms with Crippen LogP contribution in [-0.2, 0) is 17.5 Å². The molecule has 0 saturated carbocycles. The minimum atomic E-state index is -4.52. The van der Waals surface area contributed by atoms with Gasteiger partial charge in [0.1, 0.15) is 5.75 Å². The Morgan fingerprint density at radius 1 is 1.24 bits per heavy atom. The van der Waals surface area contributed by atoms with Crippen LogP contribution in [0.1, 0.15) is 34.6 Å². The molecule has 0 amide bonds. The summed E-state index contributed by atoms with van der Waals surface area (Å²) in [5.74, 6) is -0.147. The number of halogens is 3. The predicted molar refractivity (Wildman–Crippen MR) is 120 cm³/mol. The van der Waals surface area contributed by atoms with E-state index in [4.69, 9.17) is 14.6 Å². The molecule has 0 bridgehead atoms. The van der Waals surface area contributed by atoms with Gasteiger partial charge in [0.15, 0.2) is 0 Å². The van der Waals surface area contributed by atoms with Crippen molar-refractivity contribution in [3.05, 3.63) is 70.9 Å². The van der Waals surface area contributed by atoms with Crippen molar-refractivity contribution in [2.45, 2.75) is 32.0 Å². The third kappa shape index (κ3) is 4.78. The van der Waals surface area contributed by atoms with E-state index in [1.165, 1.54) is 25.4 Å². The Morgan fingerprint density at radius 2 is 2.03 bits per heavy atom. The fourth-order valence-corrected chi connectivity index (χ4v) is 4.17. The number of anilines is 1. The van der Waals surface area contributed by atoms with Crippen LogP contribution < -0.4 is 14.8 Å². The molecule has 0 saturated heterocycles. The second kappa shape index (κ2) is 9.24. The molecule has 34 heavy (non-hydrogen) atoms. The highest BCUT2D eigenvalue weighted by Crippen LogP contribution is 2.41. The van der Waals surface area contributed by atoms with E-state index in [1.54, 1.807) is 19.1 Å². The number of carboxylic acids is 1. The van der Waals surface area contributed by atoms with E-state index in [-0.39, 0.29) is 24.4 Å². The zero-order valence-electron chi connectivity index (χ0n) is 18.6. The van der Waals surface area contributed by atoms with Gasteiger partial charge in [-0.2, -0.15) is 13.2 Å². The monoisotopic (exact) mass is 472 g/mol. The van der Waals surface area contributed by atoms with E-state index in [1.807, 2.05) is 12.1 Å². The average molecular weight is 472 g/mol. The number of benzene rings is 2. The zero-order valence-corrected chi connectivity index (χ0v) is 18.6. The zero-order chi connectivity index (χ0) is 24.5. The summed E-state index contributed by atoms with van der Waals surface area (Å²) < 4.78 is 52.0. The summed E-state index contributed by atoms with van der Waals surface area (Å²) in [6.45, 7) is 2.26. The molecule has 1 aliphatic heterocycles. The van der Waals surface area contributed by atoms with Crippen LogP contribution in [0.25, 0.3) is 11.1 Å². The van der Waals surface area contributed by atoms with Crippen LogP contribution in [0.15, 0.2) is 48.7 Å². The molecule has 0 fully saturated rings. The molecule has 0 radical (unpaired) electrons. The summed E-state index contributed by atoms with van der Waals surface area (Å²) in [4.78, 5) is 15.1. The van der Waals surface area contributed by atoms with Gasteiger partial charge in [-0.15, -0.1) is 0 Å². The number of hydrogen-bond donors (Lipinski definition) is 2. The van der Waals surface area contributed by atoms with Crippen LogP contribution in [0, 0.1) is 6.92 Å². The SMILES string of the molecule is COc1ccc(-c2c(C(F)(F)F)ccc(CNc3ccc4c(c3)OC[C@H]4CC(=O)O)c2C)cn1. The van der Waals surface area contributed by atoms with Crippen molar-refractivity contribution in [3.63, 3.8) is 0 Å². The van der Waals surface area contributed by atoms with Gasteiger partial charge in [0.05, 0.1) is 25.7 Å². The van der Waals surface area contributed by atoms with E-state index in [0.717, 1.165) is 17.3 Å². The molecule has 0 aliphatic carbocycles. The number of carboxylic acid groups (broad SMARTS) is 1. The first-order valence-electron chi connectivity index (χ1n) is 10.6. The van der Waals surface area contributed by atoms with Crippen molar-refractivity contribution in [3.8, 4) is 22.8 Å². The molecule has 9 heteroatoms. The van der Waals surface area contributed by atoms with E-state index < -0.39 is 17.7 Å². The molecule has 1 aliphatic rings. The topological polar surface area (TPSA) is 80.7 Å². The lowest BCUT2D eigenvalue weighted by Crippen LogP contribution is -2.11. The van der Waals surface area contributed by atoms with Crippen LogP contribution in [0.5, 0.6) is 11.6 Å². The first kappa shape index (κ1) is 23.4. The maximum absolute atomic E-state index is 13.8. The molecule has 2 heterocycles. The number of nitrogens with zero attached hydrogens (tertiary/aromatic N) is 1. The number of pyridine rings is 1. The number of ether oxygens (including phenoxy) is 2. The number of carbonyl (C=O) groups is 1. The molecule has 2 N–H and O–H groups in total. The van der Waals surface area contributed by atoms with Gasteiger partial charge < -0.3 is 19.9 Å². The summed E-state index contributed by atoms with van der Waals surface area (Å²) in [6, 6.07) is 11.1. The van der Waals surface area contributed by atoms with E-state index in [0.29, 0.717) is 34.9 Å². The van der Waals surface area contributed by atoms with E-state index in [2.05, 4.69) is 10.3 Å². The number of aliphatic carboxylic acids is 1. The van der Waals surface area contributed by atoms with Crippen molar-refractivity contribution >= 4 is 11.7 Å². The lowest BCUT2D eigenvalue weighted by molar-refractivity contribution is -0.138. The fraction of sp³-hybridized carbons (Fsp3) is 0.280. The molecule has 2 aromatic carbocycles. The second-order valence-corrected chi connectivity index (χ2v) is 8.07. The van der Waals surface area contributed by atoms with Gasteiger partial charge in [-0.3, -0.25) is 4.79 Å². The number of nitrogens with one attached hydrogen (secondary N) is 1. The van der Waals surface area contributed by atoms with Crippen LogP contribution in [0.3, 0.4) is 0 Å². The number of rotatable bonds is 7. The minimum absolute atomic E-state index is 0.00643. The highest BCUT2D eigenvalue weighted by Gasteiger charge is 2.35. The standard InChI is InChI=1S/C25H23F3N2O4/c1-14-15(11-29-18-5-6-19-17(9-23(31)32)13-34-21(19)10-18)3-7-20(25(26,27)28)24(14)16-4-8-22(33-2)30-12-16/h3-8,10,12,17,29H,9,11,13H2,1-2H3,(H,31,32)/t17-/m1/s1.